The Morgan fingerprint density at radius 2 is 1.90 bits per heavy atom. The molecule has 1 heterocycles. The average molecular weight is 453 g/mol. The van der Waals surface area contributed by atoms with E-state index in [1.807, 2.05) is 0 Å². The van der Waals surface area contributed by atoms with Crippen molar-refractivity contribution in [2.75, 3.05) is 12.4 Å². The number of aromatic nitrogens is 1. The Kier molecular flexibility index (Phi) is 6.09. The minimum absolute atomic E-state index is 0.0916. The number of anilines is 1. The lowest BCUT2D eigenvalue weighted by Crippen LogP contribution is -2.15. The lowest BCUT2D eigenvalue weighted by molar-refractivity contribution is 0.102. The van der Waals surface area contributed by atoms with E-state index < -0.39 is 20.9 Å². The normalized spacial score (nSPS) is 11.2. The number of rotatable bonds is 5. The van der Waals surface area contributed by atoms with Crippen LogP contribution in [-0.2, 0) is 10.1 Å². The van der Waals surface area contributed by atoms with E-state index in [-0.39, 0.29) is 16.3 Å². The molecule has 0 aliphatic rings. The number of ether oxygens (including phenoxy) is 1. The van der Waals surface area contributed by atoms with Gasteiger partial charge in [-0.25, -0.2) is 0 Å². The lowest BCUT2D eigenvalue weighted by atomic mass is 10.1. The van der Waals surface area contributed by atoms with Crippen molar-refractivity contribution in [1.29, 1.82) is 0 Å². The van der Waals surface area contributed by atoms with E-state index in [9.17, 15) is 17.8 Å². The molecule has 0 atom stereocenters. The molecule has 3 rings (SSSR count). The second-order valence-electron chi connectivity index (χ2n) is 5.82. The number of amides is 1. The van der Waals surface area contributed by atoms with Crippen LogP contribution >= 0.6 is 23.2 Å². The Morgan fingerprint density at radius 1 is 1.14 bits per heavy atom. The third kappa shape index (κ3) is 4.68. The van der Waals surface area contributed by atoms with Crippen molar-refractivity contribution in [3.8, 4) is 17.0 Å². The first kappa shape index (κ1) is 21.1. The Hall–Kier alpha value is -2.65. The molecule has 0 saturated heterocycles. The number of hydrogen-bond acceptors (Lipinski definition) is 5. The Bertz CT molecular complexity index is 1200. The molecule has 0 bridgehead atoms. The number of carbonyl (C=O) groups excluding carboxylic acids is 1. The topological polar surface area (TPSA) is 106 Å². The van der Waals surface area contributed by atoms with E-state index in [2.05, 4.69) is 10.3 Å². The van der Waals surface area contributed by atoms with Crippen molar-refractivity contribution in [2.24, 2.45) is 0 Å². The summed E-state index contributed by atoms with van der Waals surface area (Å²) in [6.07, 6.45) is 1.58. The summed E-state index contributed by atoms with van der Waals surface area (Å²) in [6, 6.07) is 11.7. The molecule has 150 valence electrons. The molecule has 0 radical (unpaired) electrons. The first-order valence-electron chi connectivity index (χ1n) is 8.08. The van der Waals surface area contributed by atoms with Crippen LogP contribution in [0.15, 0.2) is 59.6 Å². The molecule has 0 aliphatic heterocycles. The van der Waals surface area contributed by atoms with Gasteiger partial charge in [0.15, 0.2) is 0 Å². The highest BCUT2D eigenvalue weighted by Crippen LogP contribution is 2.34. The number of nitrogens with zero attached hydrogens (tertiary/aromatic N) is 1. The largest absolute Gasteiger partial charge is 0.496 e. The van der Waals surface area contributed by atoms with Gasteiger partial charge in [0.1, 0.15) is 10.6 Å². The summed E-state index contributed by atoms with van der Waals surface area (Å²) in [5.74, 6) is -0.265. The van der Waals surface area contributed by atoms with Gasteiger partial charge in [0.05, 0.1) is 23.5 Å². The van der Waals surface area contributed by atoms with Crippen LogP contribution in [0, 0.1) is 0 Å². The van der Waals surface area contributed by atoms with Gasteiger partial charge in [-0.05, 0) is 48.5 Å². The molecule has 0 fully saturated rings. The van der Waals surface area contributed by atoms with Crippen LogP contribution in [-0.4, -0.2) is 31.0 Å². The Morgan fingerprint density at radius 3 is 2.55 bits per heavy atom. The van der Waals surface area contributed by atoms with E-state index in [0.29, 0.717) is 22.0 Å². The summed E-state index contributed by atoms with van der Waals surface area (Å²) in [4.78, 5) is 16.4. The number of benzene rings is 2. The number of halogens is 2. The van der Waals surface area contributed by atoms with Crippen molar-refractivity contribution in [3.63, 3.8) is 0 Å². The van der Waals surface area contributed by atoms with Crippen LogP contribution in [0.3, 0.4) is 0 Å². The predicted octanol–water partition coefficient (Wildman–Crippen LogP) is 4.56. The van der Waals surface area contributed by atoms with Gasteiger partial charge in [0.2, 0.25) is 0 Å². The lowest BCUT2D eigenvalue weighted by Gasteiger charge is -2.13. The SMILES string of the molecule is COc1cc(C(=O)Nc2ccc(Cl)cc2S(=O)(=O)O)ccc1-c1ncccc1Cl. The molecule has 1 aromatic heterocycles. The fourth-order valence-electron chi connectivity index (χ4n) is 2.62. The summed E-state index contributed by atoms with van der Waals surface area (Å²) < 4.78 is 37.9. The van der Waals surface area contributed by atoms with Crippen LogP contribution < -0.4 is 10.1 Å². The minimum Gasteiger partial charge on any atom is -0.496 e. The van der Waals surface area contributed by atoms with Gasteiger partial charge >= 0.3 is 0 Å². The van der Waals surface area contributed by atoms with Gasteiger partial charge in [-0.3, -0.25) is 14.3 Å². The second-order valence-corrected chi connectivity index (χ2v) is 8.05. The standard InChI is InChI=1S/C19H14Cl2N2O5S/c1-28-16-9-11(4-6-13(16)18-14(21)3-2-8-22-18)19(24)23-15-7-5-12(20)10-17(15)29(25,26)27/h2-10H,1H3,(H,23,24)(H,25,26,27). The summed E-state index contributed by atoms with van der Waals surface area (Å²) in [7, 11) is -3.15. The van der Waals surface area contributed by atoms with Crippen LogP contribution in [0.4, 0.5) is 5.69 Å². The van der Waals surface area contributed by atoms with Gasteiger partial charge in [0, 0.05) is 22.3 Å². The molecule has 1 amide bonds. The van der Waals surface area contributed by atoms with Crippen LogP contribution in [0.25, 0.3) is 11.3 Å². The third-order valence-electron chi connectivity index (χ3n) is 3.95. The maximum Gasteiger partial charge on any atom is 0.296 e. The first-order valence-corrected chi connectivity index (χ1v) is 10.3. The molecule has 0 aliphatic carbocycles. The number of methoxy groups -OCH3 is 1. The quantitative estimate of drug-likeness (QED) is 0.549. The zero-order valence-corrected chi connectivity index (χ0v) is 17.2. The molecule has 10 heteroatoms. The van der Waals surface area contributed by atoms with Crippen molar-refractivity contribution in [1.82, 2.24) is 4.98 Å². The summed E-state index contributed by atoms with van der Waals surface area (Å²) >= 11 is 12.0. The van der Waals surface area contributed by atoms with Gasteiger partial charge < -0.3 is 10.1 Å². The monoisotopic (exact) mass is 452 g/mol. The van der Waals surface area contributed by atoms with E-state index >= 15 is 0 Å². The van der Waals surface area contributed by atoms with E-state index in [0.717, 1.165) is 6.07 Å². The second kappa shape index (κ2) is 8.38. The third-order valence-corrected chi connectivity index (χ3v) is 5.38. The first-order chi connectivity index (χ1) is 13.7. The van der Waals surface area contributed by atoms with E-state index in [1.165, 1.54) is 31.4 Å². The smallest absolute Gasteiger partial charge is 0.296 e. The minimum atomic E-state index is -4.59. The van der Waals surface area contributed by atoms with E-state index in [1.54, 1.807) is 24.4 Å². The highest BCUT2D eigenvalue weighted by Gasteiger charge is 2.20. The molecule has 29 heavy (non-hydrogen) atoms. The molecular weight excluding hydrogens is 439 g/mol. The van der Waals surface area contributed by atoms with Crippen molar-refractivity contribution >= 4 is 44.9 Å². The fourth-order valence-corrected chi connectivity index (χ4v) is 3.75. The number of pyridine rings is 1. The van der Waals surface area contributed by atoms with E-state index in [4.69, 9.17) is 27.9 Å². The van der Waals surface area contributed by atoms with Crippen molar-refractivity contribution in [2.45, 2.75) is 4.90 Å². The fraction of sp³-hybridized carbons (Fsp3) is 0.0526. The molecule has 7 nitrogen and oxygen atoms in total. The van der Waals surface area contributed by atoms with Gasteiger partial charge in [-0.2, -0.15) is 8.42 Å². The van der Waals surface area contributed by atoms with Crippen molar-refractivity contribution < 1.29 is 22.5 Å². The van der Waals surface area contributed by atoms with Crippen LogP contribution in [0.1, 0.15) is 10.4 Å². The van der Waals surface area contributed by atoms with Gasteiger partial charge in [-0.15, -0.1) is 0 Å². The molecule has 0 unspecified atom stereocenters. The predicted molar refractivity (Wildman–Crippen MR) is 110 cm³/mol. The highest BCUT2D eigenvalue weighted by atomic mass is 35.5. The molecule has 0 saturated carbocycles. The Labute approximate surface area is 177 Å². The Balaban J connectivity index is 1.97. The molecular formula is C19H14Cl2N2O5S. The zero-order chi connectivity index (χ0) is 21.2. The van der Waals surface area contributed by atoms with Crippen LogP contribution in [0.2, 0.25) is 10.0 Å². The maximum atomic E-state index is 12.6. The number of hydrogen-bond donors (Lipinski definition) is 2. The highest BCUT2D eigenvalue weighted by molar-refractivity contribution is 7.86. The summed E-state index contributed by atoms with van der Waals surface area (Å²) in [6.45, 7) is 0. The number of carbonyl (C=O) groups is 1. The molecule has 0 spiro atoms. The summed E-state index contributed by atoms with van der Waals surface area (Å²) in [5.41, 5.74) is 1.15. The van der Waals surface area contributed by atoms with Gasteiger partial charge in [0.25, 0.3) is 16.0 Å². The zero-order valence-electron chi connectivity index (χ0n) is 14.9. The summed E-state index contributed by atoms with van der Waals surface area (Å²) in [5, 5.41) is 2.96. The molecule has 3 aromatic rings. The maximum absolute atomic E-state index is 12.6. The molecule has 2 aromatic carbocycles. The molecule has 2 N–H and O–H groups in total. The average Bonchev–Trinajstić information content (AvgIpc) is 2.68. The van der Waals surface area contributed by atoms with Gasteiger partial charge in [-0.1, -0.05) is 23.2 Å². The number of nitrogens with one attached hydrogen (secondary N) is 1. The van der Waals surface area contributed by atoms with Crippen molar-refractivity contribution in [3.05, 3.63) is 70.3 Å². The van der Waals surface area contributed by atoms with Crippen LogP contribution in [0.5, 0.6) is 5.75 Å².